The third-order valence-electron chi connectivity index (χ3n) is 10.7. The highest BCUT2D eigenvalue weighted by Crippen LogP contribution is 2.46. The van der Waals surface area contributed by atoms with Gasteiger partial charge in [0, 0.05) is 35.2 Å². The number of benzene rings is 3. The molecule has 0 atom stereocenters. The van der Waals surface area contributed by atoms with E-state index in [0.29, 0.717) is 63.3 Å². The maximum Gasteiger partial charge on any atom is 0.416 e. The fraction of sp³-hybridized carbons (Fsp3) is 0.463. The first kappa shape index (κ1) is 35.7. The molecule has 1 amide bonds. The van der Waals surface area contributed by atoms with E-state index in [1.54, 1.807) is 18.2 Å². The Kier molecular flexibility index (Phi) is 10.3. The van der Waals surface area contributed by atoms with Crippen LogP contribution in [0.2, 0.25) is 5.02 Å². The molecule has 0 unspecified atom stereocenters. The van der Waals surface area contributed by atoms with E-state index in [4.69, 9.17) is 21.3 Å². The Bertz CT molecular complexity index is 1860. The summed E-state index contributed by atoms with van der Waals surface area (Å²) in [4.78, 5) is 24.8. The lowest BCUT2D eigenvalue weighted by Gasteiger charge is -2.40. The van der Waals surface area contributed by atoms with E-state index in [0.717, 1.165) is 69.6 Å². The number of nitrogens with zero attached hydrogens (tertiary/aromatic N) is 3. The van der Waals surface area contributed by atoms with Gasteiger partial charge in [-0.15, -0.1) is 0 Å². The van der Waals surface area contributed by atoms with E-state index >= 15 is 0 Å². The maximum absolute atomic E-state index is 14.8. The van der Waals surface area contributed by atoms with Crippen molar-refractivity contribution in [2.75, 3.05) is 32.8 Å². The summed E-state index contributed by atoms with van der Waals surface area (Å²) in [5.41, 5.74) is 1.85. The number of amides is 1. The Morgan fingerprint density at radius 3 is 2.37 bits per heavy atom. The average molecular weight is 719 g/mol. The van der Waals surface area contributed by atoms with Crippen molar-refractivity contribution in [3.8, 4) is 17.0 Å². The third kappa shape index (κ3) is 7.91. The Labute approximate surface area is 303 Å². The van der Waals surface area contributed by atoms with Gasteiger partial charge in [0.1, 0.15) is 5.75 Å². The molecule has 51 heavy (non-hydrogen) atoms. The monoisotopic (exact) mass is 718 g/mol. The first-order valence-corrected chi connectivity index (χ1v) is 18.7. The van der Waals surface area contributed by atoms with Crippen LogP contribution in [0.4, 0.5) is 13.2 Å². The van der Waals surface area contributed by atoms with Crippen LogP contribution in [0.25, 0.3) is 22.2 Å². The van der Waals surface area contributed by atoms with Crippen molar-refractivity contribution in [2.45, 2.75) is 83.1 Å². The summed E-state index contributed by atoms with van der Waals surface area (Å²) >= 11 is 6.84. The van der Waals surface area contributed by atoms with Gasteiger partial charge in [-0.05, 0) is 94.4 Å². The summed E-state index contributed by atoms with van der Waals surface area (Å²) in [6, 6.07) is 19.2. The molecule has 6 nitrogen and oxygen atoms in total. The SMILES string of the molecule is CC(C)COc1cc2nc(-c3cccc(C(F)(F)F)c3)c(CN3CCC(N4CCCCC4)CC3)c(C(=O)NC3(c4ccccc4)CC3)c2cc1Cl. The molecule has 3 aliphatic rings. The molecule has 0 radical (unpaired) electrons. The predicted molar refractivity (Wildman–Crippen MR) is 196 cm³/mol. The third-order valence-corrected chi connectivity index (χ3v) is 11.0. The molecule has 0 bridgehead atoms. The van der Waals surface area contributed by atoms with Gasteiger partial charge in [0.2, 0.25) is 0 Å². The number of alkyl halides is 3. The molecular formula is C41H46ClF3N4O2. The van der Waals surface area contributed by atoms with Gasteiger partial charge in [-0.25, -0.2) is 4.98 Å². The van der Waals surface area contributed by atoms with Crippen LogP contribution in [0.15, 0.2) is 66.7 Å². The molecule has 7 rings (SSSR count). The van der Waals surface area contributed by atoms with Gasteiger partial charge in [-0.1, -0.05) is 74.3 Å². The van der Waals surface area contributed by atoms with Gasteiger partial charge in [-0.2, -0.15) is 13.2 Å². The second-order valence-electron chi connectivity index (χ2n) is 14.9. The minimum Gasteiger partial charge on any atom is -0.492 e. The lowest BCUT2D eigenvalue weighted by Crippen LogP contribution is -2.46. The topological polar surface area (TPSA) is 57.7 Å². The van der Waals surface area contributed by atoms with Crippen molar-refractivity contribution in [3.05, 3.63) is 94.0 Å². The smallest absolute Gasteiger partial charge is 0.416 e. The Morgan fingerprint density at radius 2 is 1.71 bits per heavy atom. The minimum atomic E-state index is -4.54. The van der Waals surface area contributed by atoms with Crippen LogP contribution >= 0.6 is 11.6 Å². The van der Waals surface area contributed by atoms with Crippen LogP contribution < -0.4 is 10.1 Å². The normalized spacial score (nSPS) is 18.6. The number of hydrogen-bond donors (Lipinski definition) is 1. The second-order valence-corrected chi connectivity index (χ2v) is 15.3. The lowest BCUT2D eigenvalue weighted by molar-refractivity contribution is -0.137. The highest BCUT2D eigenvalue weighted by Gasteiger charge is 2.46. The minimum absolute atomic E-state index is 0.237. The zero-order valence-electron chi connectivity index (χ0n) is 29.4. The first-order chi connectivity index (χ1) is 24.5. The summed E-state index contributed by atoms with van der Waals surface area (Å²) in [7, 11) is 0. The highest BCUT2D eigenvalue weighted by molar-refractivity contribution is 6.33. The van der Waals surface area contributed by atoms with Crippen molar-refractivity contribution in [2.24, 2.45) is 5.92 Å². The van der Waals surface area contributed by atoms with Crippen molar-refractivity contribution in [1.82, 2.24) is 20.1 Å². The van der Waals surface area contributed by atoms with Crippen LogP contribution in [-0.2, 0) is 18.3 Å². The van der Waals surface area contributed by atoms with Gasteiger partial charge in [-0.3, -0.25) is 9.69 Å². The molecule has 270 valence electrons. The van der Waals surface area contributed by atoms with Crippen LogP contribution in [0.5, 0.6) is 5.75 Å². The van der Waals surface area contributed by atoms with Gasteiger partial charge in [0.05, 0.1) is 39.5 Å². The molecule has 3 heterocycles. The Hall–Kier alpha value is -3.66. The first-order valence-electron chi connectivity index (χ1n) is 18.3. The van der Waals surface area contributed by atoms with Crippen molar-refractivity contribution in [1.29, 1.82) is 0 Å². The number of carbonyl (C=O) groups is 1. The summed E-state index contributed by atoms with van der Waals surface area (Å²) in [5.74, 6) is 0.366. The van der Waals surface area contributed by atoms with Crippen molar-refractivity contribution < 1.29 is 22.7 Å². The highest BCUT2D eigenvalue weighted by atomic mass is 35.5. The summed E-state index contributed by atoms with van der Waals surface area (Å²) in [6.45, 7) is 8.76. The number of rotatable bonds is 10. The summed E-state index contributed by atoms with van der Waals surface area (Å²) < 4.78 is 48.3. The van der Waals surface area contributed by atoms with Crippen LogP contribution in [0, 0.1) is 5.92 Å². The molecular weight excluding hydrogens is 673 g/mol. The van der Waals surface area contributed by atoms with Crippen LogP contribution in [0.1, 0.15) is 85.8 Å². The predicted octanol–water partition coefficient (Wildman–Crippen LogP) is 9.48. The number of nitrogens with one attached hydrogen (secondary N) is 1. The zero-order chi connectivity index (χ0) is 35.8. The second kappa shape index (κ2) is 14.8. The van der Waals surface area contributed by atoms with E-state index in [-0.39, 0.29) is 11.8 Å². The molecule has 1 aliphatic carbocycles. The van der Waals surface area contributed by atoms with E-state index in [1.165, 1.54) is 25.3 Å². The van der Waals surface area contributed by atoms with Gasteiger partial charge >= 0.3 is 6.18 Å². The van der Waals surface area contributed by atoms with Gasteiger partial charge in [0.25, 0.3) is 5.91 Å². The fourth-order valence-electron chi connectivity index (χ4n) is 7.76. The molecule has 3 aromatic carbocycles. The van der Waals surface area contributed by atoms with Crippen LogP contribution in [-0.4, -0.2) is 59.5 Å². The maximum atomic E-state index is 14.8. The van der Waals surface area contributed by atoms with E-state index in [1.807, 2.05) is 44.2 Å². The molecule has 2 saturated heterocycles. The number of pyridine rings is 1. The van der Waals surface area contributed by atoms with Gasteiger partial charge in [0.15, 0.2) is 0 Å². The van der Waals surface area contributed by atoms with E-state index < -0.39 is 17.3 Å². The number of likely N-dealkylation sites (tertiary alicyclic amines) is 2. The molecule has 3 fully saturated rings. The Balaban J connectivity index is 1.35. The standard InChI is InChI=1S/C41H46ClF3N4O2/c1-27(2)26-51-36-24-35-32(23-34(36)42)37(39(50)47-40(16-17-40)29-11-5-3-6-12-29)33(38(46-35)28-10-9-13-30(22-28)41(43,44)45)25-48-20-14-31(15-21-48)49-18-7-4-8-19-49/h3,5-6,9-13,22-24,27,31H,4,7-8,14-21,25-26H2,1-2H3,(H,47,50). The quantitative estimate of drug-likeness (QED) is 0.177. The molecule has 1 aromatic heterocycles. The van der Waals surface area contributed by atoms with Gasteiger partial charge < -0.3 is 15.0 Å². The van der Waals surface area contributed by atoms with E-state index in [9.17, 15) is 18.0 Å². The number of carbonyl (C=O) groups excluding carboxylic acids is 1. The molecule has 0 spiro atoms. The fourth-order valence-corrected chi connectivity index (χ4v) is 7.98. The number of ether oxygens (including phenoxy) is 1. The molecule has 4 aromatic rings. The molecule has 1 saturated carbocycles. The number of fused-ring (bicyclic) bond motifs is 1. The zero-order valence-corrected chi connectivity index (χ0v) is 30.1. The summed E-state index contributed by atoms with van der Waals surface area (Å²) in [5, 5.41) is 4.26. The molecule has 2 aliphatic heterocycles. The van der Waals surface area contributed by atoms with Crippen molar-refractivity contribution >= 4 is 28.4 Å². The van der Waals surface area contributed by atoms with E-state index in [2.05, 4.69) is 15.1 Å². The van der Waals surface area contributed by atoms with Crippen LogP contribution in [0.3, 0.4) is 0 Å². The molecule has 1 N–H and O–H groups in total. The number of halogens is 4. The Morgan fingerprint density at radius 1 is 0.980 bits per heavy atom. The number of hydrogen-bond acceptors (Lipinski definition) is 5. The average Bonchev–Trinajstić information content (AvgIpc) is 3.91. The number of piperidine rings is 2. The summed E-state index contributed by atoms with van der Waals surface area (Å²) in [6.07, 6.45) is 2.80. The lowest BCUT2D eigenvalue weighted by atomic mass is 9.93. The number of aromatic nitrogens is 1. The van der Waals surface area contributed by atoms with Crippen molar-refractivity contribution in [3.63, 3.8) is 0 Å². The molecule has 10 heteroatoms. The largest absolute Gasteiger partial charge is 0.492 e.